The summed E-state index contributed by atoms with van der Waals surface area (Å²) in [7, 11) is 0. The lowest BCUT2D eigenvalue weighted by Gasteiger charge is -2.10. The van der Waals surface area contributed by atoms with Crippen LogP contribution in [-0.2, 0) is 17.6 Å². The number of para-hydroxylation sites is 1. The number of aryl methyl sites for hydroxylation is 1. The predicted molar refractivity (Wildman–Crippen MR) is 89.7 cm³/mol. The smallest absolute Gasteiger partial charge is 0.223 e. The fourth-order valence-corrected chi connectivity index (χ4v) is 3.50. The first-order valence-corrected chi connectivity index (χ1v) is 8.30. The van der Waals surface area contributed by atoms with Crippen LogP contribution in [0.1, 0.15) is 37.3 Å². The van der Waals surface area contributed by atoms with Crippen LogP contribution in [0.25, 0.3) is 10.9 Å². The van der Waals surface area contributed by atoms with Crippen LogP contribution in [0.2, 0.25) is 0 Å². The van der Waals surface area contributed by atoms with E-state index in [-0.39, 0.29) is 17.9 Å². The number of benzene rings is 1. The van der Waals surface area contributed by atoms with Crippen LogP contribution in [0.5, 0.6) is 0 Å². The van der Waals surface area contributed by atoms with Crippen molar-refractivity contribution >= 4 is 16.8 Å². The summed E-state index contributed by atoms with van der Waals surface area (Å²) in [6, 6.07) is 6.62. The van der Waals surface area contributed by atoms with E-state index in [0.29, 0.717) is 6.54 Å². The zero-order chi connectivity index (χ0) is 15.5. The van der Waals surface area contributed by atoms with Crippen molar-refractivity contribution in [2.45, 2.75) is 45.1 Å². The minimum absolute atomic E-state index is 0.115. The van der Waals surface area contributed by atoms with Crippen LogP contribution in [0.3, 0.4) is 0 Å². The first kappa shape index (κ1) is 15.1. The Balaban J connectivity index is 1.59. The van der Waals surface area contributed by atoms with E-state index in [0.717, 1.165) is 32.1 Å². The molecule has 2 atom stereocenters. The van der Waals surface area contributed by atoms with Crippen LogP contribution in [-0.4, -0.2) is 23.5 Å². The van der Waals surface area contributed by atoms with Gasteiger partial charge in [0.1, 0.15) is 0 Å². The molecule has 2 unspecified atom stereocenters. The highest BCUT2D eigenvalue weighted by molar-refractivity contribution is 5.86. The van der Waals surface area contributed by atoms with Gasteiger partial charge in [0.05, 0.1) is 0 Å². The van der Waals surface area contributed by atoms with Crippen LogP contribution in [0, 0.1) is 5.92 Å². The van der Waals surface area contributed by atoms with Crippen molar-refractivity contribution in [3.63, 3.8) is 0 Å². The molecule has 1 aromatic carbocycles. The maximum absolute atomic E-state index is 12.1. The van der Waals surface area contributed by atoms with Crippen LogP contribution < -0.4 is 11.1 Å². The molecule has 1 aliphatic carbocycles. The molecule has 1 aromatic heterocycles. The lowest BCUT2D eigenvalue weighted by molar-refractivity contribution is -0.124. The minimum atomic E-state index is 0.115. The highest BCUT2D eigenvalue weighted by Gasteiger charge is 2.27. The zero-order valence-electron chi connectivity index (χ0n) is 13.2. The van der Waals surface area contributed by atoms with E-state index in [1.54, 1.807) is 0 Å². The first-order chi connectivity index (χ1) is 10.7. The van der Waals surface area contributed by atoms with Gasteiger partial charge in [-0.25, -0.2) is 0 Å². The van der Waals surface area contributed by atoms with E-state index < -0.39 is 0 Å². The maximum atomic E-state index is 12.1. The van der Waals surface area contributed by atoms with Gasteiger partial charge in [-0.05, 0) is 43.2 Å². The maximum Gasteiger partial charge on any atom is 0.223 e. The standard InChI is InChI=1S/C18H25N3O/c1-2-12-4-3-5-16-14(11-21-17(12)16)8-9-20-18(22)13-6-7-15(19)10-13/h3-5,11,13,15,21H,2,6-10,19H2,1H3,(H,20,22). The number of hydrogen-bond acceptors (Lipinski definition) is 2. The quantitative estimate of drug-likeness (QED) is 0.794. The van der Waals surface area contributed by atoms with Gasteiger partial charge >= 0.3 is 0 Å². The predicted octanol–water partition coefficient (Wildman–Crippen LogP) is 2.52. The van der Waals surface area contributed by atoms with Crippen molar-refractivity contribution in [1.82, 2.24) is 10.3 Å². The second kappa shape index (κ2) is 6.53. The van der Waals surface area contributed by atoms with Gasteiger partial charge in [-0.1, -0.05) is 25.1 Å². The number of rotatable bonds is 5. The third-order valence-corrected chi connectivity index (χ3v) is 4.81. The summed E-state index contributed by atoms with van der Waals surface area (Å²) >= 11 is 0. The molecule has 1 amide bonds. The molecule has 1 aliphatic rings. The highest BCUT2D eigenvalue weighted by atomic mass is 16.1. The van der Waals surface area contributed by atoms with Crippen molar-refractivity contribution < 1.29 is 4.79 Å². The van der Waals surface area contributed by atoms with E-state index in [1.165, 1.54) is 22.0 Å². The summed E-state index contributed by atoms with van der Waals surface area (Å²) in [5.41, 5.74) is 9.72. The molecule has 22 heavy (non-hydrogen) atoms. The van der Waals surface area contributed by atoms with Gasteiger partial charge in [0, 0.05) is 35.6 Å². The third kappa shape index (κ3) is 3.02. The second-order valence-electron chi connectivity index (χ2n) is 6.32. The van der Waals surface area contributed by atoms with E-state index in [1.807, 2.05) is 0 Å². The van der Waals surface area contributed by atoms with Crippen molar-refractivity contribution in [2.75, 3.05) is 6.54 Å². The van der Waals surface area contributed by atoms with Crippen LogP contribution >= 0.6 is 0 Å². The van der Waals surface area contributed by atoms with Gasteiger partial charge in [0.2, 0.25) is 5.91 Å². The average molecular weight is 299 g/mol. The number of H-pyrrole nitrogens is 1. The van der Waals surface area contributed by atoms with Crippen molar-refractivity contribution in [1.29, 1.82) is 0 Å². The Morgan fingerprint density at radius 3 is 2.95 bits per heavy atom. The Kier molecular flexibility index (Phi) is 4.48. The number of nitrogens with two attached hydrogens (primary N) is 1. The van der Waals surface area contributed by atoms with E-state index >= 15 is 0 Å². The minimum Gasteiger partial charge on any atom is -0.361 e. The number of carbonyl (C=O) groups is 1. The molecule has 0 saturated heterocycles. The number of fused-ring (bicyclic) bond motifs is 1. The number of aromatic nitrogens is 1. The number of aromatic amines is 1. The Morgan fingerprint density at radius 1 is 1.36 bits per heavy atom. The summed E-state index contributed by atoms with van der Waals surface area (Å²) in [6.45, 7) is 2.86. The first-order valence-electron chi connectivity index (χ1n) is 8.30. The number of carbonyl (C=O) groups excluding carboxylic acids is 1. The van der Waals surface area contributed by atoms with E-state index in [4.69, 9.17) is 5.73 Å². The van der Waals surface area contributed by atoms with Crippen molar-refractivity contribution in [2.24, 2.45) is 11.7 Å². The van der Waals surface area contributed by atoms with Crippen molar-refractivity contribution in [3.8, 4) is 0 Å². The summed E-state index contributed by atoms with van der Waals surface area (Å²) in [5.74, 6) is 0.284. The normalized spacial score (nSPS) is 21.4. The molecule has 1 saturated carbocycles. The number of hydrogen-bond donors (Lipinski definition) is 3. The Hall–Kier alpha value is -1.81. The van der Waals surface area contributed by atoms with E-state index in [9.17, 15) is 4.79 Å². The summed E-state index contributed by atoms with van der Waals surface area (Å²) in [4.78, 5) is 15.5. The summed E-state index contributed by atoms with van der Waals surface area (Å²) in [6.07, 6.45) is 6.69. The van der Waals surface area contributed by atoms with Crippen LogP contribution in [0.15, 0.2) is 24.4 Å². The molecular formula is C18H25N3O. The topological polar surface area (TPSA) is 70.9 Å². The molecule has 1 fully saturated rings. The molecule has 118 valence electrons. The SMILES string of the molecule is CCc1cccc2c(CCNC(=O)C3CCC(N)C3)c[nH]c12. The molecule has 0 bridgehead atoms. The Morgan fingerprint density at radius 2 is 2.23 bits per heavy atom. The molecule has 1 heterocycles. The molecule has 4 nitrogen and oxygen atoms in total. The van der Waals surface area contributed by atoms with Crippen molar-refractivity contribution in [3.05, 3.63) is 35.5 Å². The van der Waals surface area contributed by atoms with Gasteiger partial charge in [0.25, 0.3) is 0 Å². The lowest BCUT2D eigenvalue weighted by Crippen LogP contribution is -2.31. The molecule has 0 spiro atoms. The monoisotopic (exact) mass is 299 g/mol. The van der Waals surface area contributed by atoms with Gasteiger partial charge in [0.15, 0.2) is 0 Å². The Labute approximate surface area is 131 Å². The molecule has 0 radical (unpaired) electrons. The van der Waals surface area contributed by atoms with Gasteiger partial charge in [-0.3, -0.25) is 4.79 Å². The van der Waals surface area contributed by atoms with E-state index in [2.05, 4.69) is 41.6 Å². The molecular weight excluding hydrogens is 274 g/mol. The average Bonchev–Trinajstić information content (AvgIpc) is 3.13. The summed E-state index contributed by atoms with van der Waals surface area (Å²) < 4.78 is 0. The number of amides is 1. The molecule has 3 rings (SSSR count). The van der Waals surface area contributed by atoms with Crippen LogP contribution in [0.4, 0.5) is 0 Å². The second-order valence-corrected chi connectivity index (χ2v) is 6.32. The van der Waals surface area contributed by atoms with Gasteiger partial charge in [-0.15, -0.1) is 0 Å². The number of nitrogens with one attached hydrogen (secondary N) is 2. The highest BCUT2D eigenvalue weighted by Crippen LogP contribution is 2.24. The zero-order valence-corrected chi connectivity index (χ0v) is 13.2. The van der Waals surface area contributed by atoms with Gasteiger partial charge < -0.3 is 16.0 Å². The Bertz CT molecular complexity index is 661. The third-order valence-electron chi connectivity index (χ3n) is 4.81. The molecule has 4 heteroatoms. The molecule has 2 aromatic rings. The lowest BCUT2D eigenvalue weighted by atomic mass is 10.0. The fourth-order valence-electron chi connectivity index (χ4n) is 3.50. The fraction of sp³-hybridized carbons (Fsp3) is 0.500. The largest absolute Gasteiger partial charge is 0.361 e. The molecule has 4 N–H and O–H groups in total. The van der Waals surface area contributed by atoms with Gasteiger partial charge in [-0.2, -0.15) is 0 Å². The summed E-state index contributed by atoms with van der Waals surface area (Å²) in [5, 5.41) is 4.34. The molecule has 0 aliphatic heterocycles.